The van der Waals surface area contributed by atoms with Crippen molar-refractivity contribution >= 4 is 23.1 Å². The van der Waals surface area contributed by atoms with Gasteiger partial charge >= 0.3 is 0 Å². The smallest absolute Gasteiger partial charge is 0.292 e. The van der Waals surface area contributed by atoms with Gasteiger partial charge in [-0.15, -0.1) is 5.10 Å². The number of aliphatic hydroxyl groups is 1. The lowest BCUT2D eigenvalue weighted by molar-refractivity contribution is -0.931. The molecule has 2 atom stereocenters. The van der Waals surface area contributed by atoms with E-state index in [0.717, 1.165) is 47.2 Å². The number of pyridine rings is 2. The van der Waals surface area contributed by atoms with E-state index < -0.39 is 0 Å². The number of rotatable bonds is 4. The number of hydrogen-bond acceptors (Lipinski definition) is 6. The van der Waals surface area contributed by atoms with Crippen molar-refractivity contribution < 1.29 is 14.4 Å². The van der Waals surface area contributed by atoms with E-state index in [-0.39, 0.29) is 6.10 Å². The average molecular weight is 421 g/mol. The summed E-state index contributed by atoms with van der Waals surface area (Å²) in [5.74, 6) is 0.465. The number of para-hydroxylation sites is 1. The Labute approximate surface area is 178 Å². The van der Waals surface area contributed by atoms with Crippen molar-refractivity contribution in [2.75, 3.05) is 13.1 Å². The fraction of sp³-hybridized carbons (Fsp3) is 0.273. The molecule has 0 spiro atoms. The molecule has 2 N–H and O–H groups in total. The summed E-state index contributed by atoms with van der Waals surface area (Å²) in [6, 6.07) is 15.6. The number of nitrogens with one attached hydrogen (secondary N) is 1. The third kappa shape index (κ3) is 3.77. The molecule has 0 bridgehead atoms. The van der Waals surface area contributed by atoms with Crippen LogP contribution in [0.25, 0.3) is 33.7 Å². The number of hydrogen-bond donors (Lipinski definition) is 2. The van der Waals surface area contributed by atoms with Crippen molar-refractivity contribution in [3.8, 4) is 22.8 Å². The van der Waals surface area contributed by atoms with Gasteiger partial charge in [0.2, 0.25) is 5.89 Å². The van der Waals surface area contributed by atoms with E-state index in [2.05, 4.69) is 10.1 Å². The third-order valence-electron chi connectivity index (χ3n) is 5.45. The summed E-state index contributed by atoms with van der Waals surface area (Å²) in [7, 11) is 0. The molecule has 1 aromatic carbocycles. The van der Waals surface area contributed by atoms with Gasteiger partial charge in [0.05, 0.1) is 29.0 Å². The van der Waals surface area contributed by atoms with Crippen molar-refractivity contribution in [2.24, 2.45) is 0 Å². The summed E-state index contributed by atoms with van der Waals surface area (Å²) in [5, 5.41) is 15.6. The van der Waals surface area contributed by atoms with Crippen LogP contribution in [0.15, 0.2) is 59.1 Å². The van der Waals surface area contributed by atoms with E-state index in [4.69, 9.17) is 21.6 Å². The predicted octanol–water partition coefficient (Wildman–Crippen LogP) is 2.48. The van der Waals surface area contributed by atoms with Gasteiger partial charge in [0.1, 0.15) is 12.6 Å². The molecule has 1 unspecified atom stereocenters. The molecule has 0 aliphatic carbocycles. The lowest BCUT2D eigenvalue weighted by Crippen LogP contribution is -3.13. The van der Waals surface area contributed by atoms with Gasteiger partial charge in [-0.1, -0.05) is 24.3 Å². The van der Waals surface area contributed by atoms with Gasteiger partial charge in [-0.25, -0.2) is 4.98 Å². The molecule has 0 saturated carbocycles. The van der Waals surface area contributed by atoms with Crippen molar-refractivity contribution in [3.63, 3.8) is 0 Å². The van der Waals surface area contributed by atoms with Crippen LogP contribution in [0.5, 0.6) is 0 Å². The number of benzene rings is 1. The first-order chi connectivity index (χ1) is 14.7. The molecule has 5 rings (SSSR count). The Morgan fingerprint density at radius 3 is 2.87 bits per heavy atom. The molecule has 1 saturated heterocycles. The highest BCUT2D eigenvalue weighted by atomic mass is 32.1. The maximum Gasteiger partial charge on any atom is 0.292 e. The van der Waals surface area contributed by atoms with Crippen LogP contribution in [0.2, 0.25) is 0 Å². The Hall–Kier alpha value is -2.94. The minimum atomic E-state index is -0.264. The van der Waals surface area contributed by atoms with E-state index in [1.165, 1.54) is 4.90 Å². The summed E-state index contributed by atoms with van der Waals surface area (Å²) in [4.78, 5) is 10.8. The second-order valence-corrected chi connectivity index (χ2v) is 7.97. The molecule has 4 heterocycles. The first kappa shape index (κ1) is 19.0. The van der Waals surface area contributed by atoms with Crippen molar-refractivity contribution in [3.05, 3.63) is 59.6 Å². The SMILES string of the molecule is O[C@H]1CCC[NH+](Cn2nc(-c3cc(-c4ccccn4)nc4ccccc34)oc2=S)C1. The van der Waals surface area contributed by atoms with Crippen LogP contribution in [-0.2, 0) is 6.67 Å². The lowest BCUT2D eigenvalue weighted by Gasteiger charge is -2.26. The number of aromatic nitrogens is 4. The van der Waals surface area contributed by atoms with Gasteiger partial charge in [-0.3, -0.25) is 4.98 Å². The Balaban J connectivity index is 1.57. The molecule has 1 fully saturated rings. The lowest BCUT2D eigenvalue weighted by atomic mass is 10.1. The van der Waals surface area contributed by atoms with Crippen LogP contribution in [-0.4, -0.2) is 44.0 Å². The van der Waals surface area contributed by atoms with Crippen molar-refractivity contribution in [1.29, 1.82) is 0 Å². The zero-order valence-corrected chi connectivity index (χ0v) is 17.2. The highest BCUT2D eigenvalue weighted by Crippen LogP contribution is 2.30. The number of fused-ring (bicyclic) bond motifs is 1. The Bertz CT molecular complexity index is 1240. The molecule has 4 aromatic rings. The largest absolute Gasteiger partial charge is 0.409 e. The van der Waals surface area contributed by atoms with Gasteiger partial charge in [0.25, 0.3) is 4.84 Å². The van der Waals surface area contributed by atoms with Gasteiger partial charge in [0.15, 0.2) is 6.67 Å². The summed E-state index contributed by atoms with van der Waals surface area (Å²) >= 11 is 5.45. The quantitative estimate of drug-likeness (QED) is 0.494. The zero-order chi connectivity index (χ0) is 20.5. The fourth-order valence-corrected chi connectivity index (χ4v) is 4.18. The molecule has 0 amide bonds. The molecule has 3 aromatic heterocycles. The van der Waals surface area contributed by atoms with E-state index in [0.29, 0.717) is 23.9 Å². The second kappa shape index (κ2) is 8.06. The summed E-state index contributed by atoms with van der Waals surface area (Å²) in [6.45, 7) is 2.27. The Morgan fingerprint density at radius 2 is 2.03 bits per heavy atom. The monoisotopic (exact) mass is 420 g/mol. The first-order valence-electron chi connectivity index (χ1n) is 10.1. The number of likely N-dealkylation sites (tertiary alicyclic amines) is 1. The molecular weight excluding hydrogens is 398 g/mol. The van der Waals surface area contributed by atoms with Crippen molar-refractivity contribution in [2.45, 2.75) is 25.6 Å². The van der Waals surface area contributed by atoms with Gasteiger partial charge in [-0.2, -0.15) is 4.68 Å². The third-order valence-corrected chi connectivity index (χ3v) is 5.74. The highest BCUT2D eigenvalue weighted by Gasteiger charge is 2.23. The van der Waals surface area contributed by atoms with Crippen LogP contribution in [0.3, 0.4) is 0 Å². The fourth-order valence-electron chi connectivity index (χ4n) is 3.99. The van der Waals surface area contributed by atoms with E-state index >= 15 is 0 Å². The zero-order valence-electron chi connectivity index (χ0n) is 16.4. The summed E-state index contributed by atoms with van der Waals surface area (Å²) in [5.41, 5.74) is 3.22. The molecule has 1 aliphatic rings. The summed E-state index contributed by atoms with van der Waals surface area (Å²) in [6.07, 6.45) is 3.34. The molecule has 152 valence electrons. The summed E-state index contributed by atoms with van der Waals surface area (Å²) < 4.78 is 7.63. The minimum absolute atomic E-state index is 0.264. The van der Waals surface area contributed by atoms with Crippen LogP contribution in [0, 0.1) is 4.84 Å². The Morgan fingerprint density at radius 1 is 1.17 bits per heavy atom. The number of aliphatic hydroxyl groups excluding tert-OH is 1. The van der Waals surface area contributed by atoms with E-state index in [1.54, 1.807) is 10.9 Å². The topological polar surface area (TPSA) is 81.4 Å². The second-order valence-electron chi connectivity index (χ2n) is 7.62. The molecular formula is C22H22N5O2S+. The molecule has 7 nitrogen and oxygen atoms in total. The van der Waals surface area contributed by atoms with E-state index in [9.17, 15) is 5.11 Å². The maximum absolute atomic E-state index is 9.95. The first-order valence-corrected chi connectivity index (χ1v) is 10.5. The van der Waals surface area contributed by atoms with Crippen molar-refractivity contribution in [1.82, 2.24) is 19.7 Å². The van der Waals surface area contributed by atoms with Crippen LogP contribution >= 0.6 is 12.2 Å². The number of piperidine rings is 1. The van der Waals surface area contributed by atoms with E-state index in [1.807, 2.05) is 48.5 Å². The number of quaternary nitrogens is 1. The highest BCUT2D eigenvalue weighted by molar-refractivity contribution is 7.71. The molecule has 30 heavy (non-hydrogen) atoms. The Kier molecular flexibility index (Phi) is 5.12. The average Bonchev–Trinajstić information content (AvgIpc) is 3.13. The predicted molar refractivity (Wildman–Crippen MR) is 115 cm³/mol. The van der Waals surface area contributed by atoms with Gasteiger partial charge in [0, 0.05) is 11.6 Å². The van der Waals surface area contributed by atoms with Crippen LogP contribution in [0.4, 0.5) is 0 Å². The van der Waals surface area contributed by atoms with Gasteiger partial charge in [-0.05, 0) is 49.3 Å². The molecule has 8 heteroatoms. The molecule has 0 radical (unpaired) electrons. The normalized spacial score (nSPS) is 19.2. The van der Waals surface area contributed by atoms with Crippen LogP contribution in [0.1, 0.15) is 12.8 Å². The standard InChI is InChI=1S/C22H21N5O2S/c28-15-6-5-11-26(13-15)14-27-22(30)29-21(25-27)17-12-20(19-9-3-4-10-23-19)24-18-8-2-1-7-16(17)18/h1-4,7-10,12,15,28H,5-6,11,13-14H2/p+1/t15-/m0/s1. The molecule has 1 aliphatic heterocycles. The number of nitrogens with zero attached hydrogens (tertiary/aromatic N) is 4. The van der Waals surface area contributed by atoms with Gasteiger partial charge < -0.3 is 14.4 Å². The van der Waals surface area contributed by atoms with Crippen LogP contribution < -0.4 is 4.90 Å². The maximum atomic E-state index is 9.95. The minimum Gasteiger partial charge on any atom is -0.409 e.